The Balaban J connectivity index is 0.000000123. The van der Waals surface area contributed by atoms with Crippen LogP contribution in [0.15, 0.2) is 288 Å². The van der Waals surface area contributed by atoms with Crippen molar-refractivity contribution in [2.24, 2.45) is 0 Å². The zero-order valence-electron chi connectivity index (χ0n) is 67.6. The maximum atomic E-state index is 13.3. The molecule has 0 spiro atoms. The Morgan fingerprint density at radius 3 is 1.20 bits per heavy atom. The summed E-state index contributed by atoms with van der Waals surface area (Å²) in [5, 5.41) is 117. The number of phenolic OH excluding ortho intramolecular Hbond substituents is 9. The molecule has 0 radical (unpaired) electrons. The molecule has 0 aliphatic carbocycles. The van der Waals surface area contributed by atoms with Crippen molar-refractivity contribution in [2.45, 2.75) is 13.8 Å². The highest BCUT2D eigenvalue weighted by atomic mass is 79.9. The number of hydrogen-bond donors (Lipinski definition) is 14. The Morgan fingerprint density at radius 2 is 0.724 bits per heavy atom. The minimum atomic E-state index is -0.325. The number of ether oxygens (including phenoxy) is 6. The molecule has 31 heteroatoms. The maximum Gasteiger partial charge on any atom is 0.231 e. The Bertz CT molecular complexity index is 6710. The van der Waals surface area contributed by atoms with Crippen LogP contribution < -0.4 is 28.4 Å². The van der Waals surface area contributed by atoms with E-state index in [0.29, 0.717) is 79.4 Å². The van der Waals surface area contributed by atoms with E-state index in [0.717, 1.165) is 94.9 Å². The Kier molecular flexibility index (Phi) is 26.9. The number of halogens is 4. The lowest BCUT2D eigenvalue weighted by Gasteiger charge is -2.08. The van der Waals surface area contributed by atoms with Gasteiger partial charge < -0.3 is 83.9 Å². The molecule has 0 saturated carbocycles. The summed E-state index contributed by atoms with van der Waals surface area (Å²) in [7, 11) is 3.26. The number of nitrogens with zero attached hydrogens (tertiary/aromatic N) is 6. The summed E-state index contributed by atoms with van der Waals surface area (Å²) < 4.78 is 64.7. The SMILES string of the molecule is Br.Brc1cccc(-c2cc(-c3ccc4c(c3)OCO4)[nH]n2)c1.COc1ccc(-c2cc(-c3ccc(C)c(C)c3)n[nH]2)cc1OC.Fc1cccc(-c2cc(-c3ccc4c(c3)OCO4)[nH]n2)c1.Oc1ccc(-c2cc(-c3ccc(O)c(O)c3)on2)cc1.Oc1ccc(-c2cc(-c3cccc(F)c3)n[nH]2)cc1O.Oc1ccc(-c2cnc(-c3ccc(O)c(O)c3)[nH]2)cc1O. The molecular formula is C96H77Br2F2N11O16. The van der Waals surface area contributed by atoms with Gasteiger partial charge in [0.2, 0.25) is 13.6 Å². The van der Waals surface area contributed by atoms with Crippen LogP contribution in [0.5, 0.6) is 86.2 Å². The van der Waals surface area contributed by atoms with Crippen molar-refractivity contribution < 1.29 is 87.7 Å². The monoisotopic (exact) mass is 1840 g/mol. The van der Waals surface area contributed by atoms with Crippen molar-refractivity contribution in [1.29, 1.82) is 0 Å². The molecule has 20 rings (SSSR count). The fraction of sp³-hybridized carbons (Fsp3) is 0.0625. The van der Waals surface area contributed by atoms with E-state index in [9.17, 15) is 54.7 Å². The van der Waals surface area contributed by atoms with E-state index in [1.165, 1.54) is 83.9 Å². The van der Waals surface area contributed by atoms with E-state index in [1.807, 2.05) is 103 Å². The Labute approximate surface area is 741 Å². The van der Waals surface area contributed by atoms with Crippen molar-refractivity contribution in [3.05, 3.63) is 306 Å². The third-order valence-electron chi connectivity index (χ3n) is 19.9. The molecule has 0 fully saturated rings. The fourth-order valence-electron chi connectivity index (χ4n) is 13.0. The molecule has 6 aromatic heterocycles. The van der Waals surface area contributed by atoms with Gasteiger partial charge >= 0.3 is 0 Å². The number of phenols is 9. The summed E-state index contributed by atoms with van der Waals surface area (Å²) in [6.07, 6.45) is 1.57. The second-order valence-electron chi connectivity index (χ2n) is 28.3. The van der Waals surface area contributed by atoms with Crippen LogP contribution in [-0.4, -0.2) is 130 Å². The molecule has 2 aliphatic rings. The number of aromatic hydroxyl groups is 9. The highest BCUT2D eigenvalue weighted by molar-refractivity contribution is 9.10. The van der Waals surface area contributed by atoms with E-state index >= 15 is 0 Å². The molecule has 127 heavy (non-hydrogen) atoms. The van der Waals surface area contributed by atoms with Gasteiger partial charge in [0.05, 0.1) is 71.7 Å². The number of H-pyrrole nitrogens is 5. The van der Waals surface area contributed by atoms with Crippen LogP contribution in [0.2, 0.25) is 0 Å². The number of nitrogens with one attached hydrogen (secondary N) is 5. The van der Waals surface area contributed by atoms with Crippen LogP contribution in [0.1, 0.15) is 11.1 Å². The number of hydrogen-bond acceptors (Lipinski definition) is 22. The molecular weight excluding hydrogens is 1760 g/mol. The van der Waals surface area contributed by atoms with Gasteiger partial charge in [-0.15, -0.1) is 17.0 Å². The Morgan fingerprint density at radius 1 is 0.331 bits per heavy atom. The van der Waals surface area contributed by atoms with Crippen molar-refractivity contribution >= 4 is 32.9 Å². The van der Waals surface area contributed by atoms with E-state index in [4.69, 9.17) is 32.9 Å². The lowest BCUT2D eigenvalue weighted by atomic mass is 10.0. The van der Waals surface area contributed by atoms with Crippen LogP contribution in [0.4, 0.5) is 8.78 Å². The molecule has 0 saturated heterocycles. The van der Waals surface area contributed by atoms with Gasteiger partial charge in [0.25, 0.3) is 0 Å². The summed E-state index contributed by atoms with van der Waals surface area (Å²) in [4.78, 5) is 7.24. The van der Waals surface area contributed by atoms with E-state index in [1.54, 1.807) is 99.3 Å². The van der Waals surface area contributed by atoms with E-state index in [-0.39, 0.29) is 93.9 Å². The number of fused-ring (bicyclic) bond motifs is 2. The topological polar surface area (TPSA) is 407 Å². The number of aromatic nitrogens is 11. The molecule has 640 valence electrons. The first-order chi connectivity index (χ1) is 61.0. The number of aryl methyl sites for hydroxylation is 2. The summed E-state index contributed by atoms with van der Waals surface area (Å²) >= 11 is 3.48. The highest BCUT2D eigenvalue weighted by Crippen LogP contribution is 2.42. The average molecular weight is 1840 g/mol. The smallest absolute Gasteiger partial charge is 0.231 e. The number of rotatable bonds is 14. The quantitative estimate of drug-likeness (QED) is 0.0450. The standard InChI is InChI=1S/C19H20N2O2.C16H11BrN2O2.C16H11FN2O2.C15H11FN2O2.C15H12N2O4.C15H11NO4.BrH/c1-12-5-6-14(9-13(12)2)16-11-17(21-20-16)15-7-8-18(22-3)19(10-15)23-4;2*17-12-3-1-2-10(6-12)13-8-14(19-18-13)11-4-5-15-16(7-11)21-9-20-15;16-11-3-1-2-9(6-11)12-8-13(18-17-12)10-4-5-14(19)15(20)7-10;18-11-3-1-8(5-13(11)20)10-7-16-15(17-10)9-2-4-12(19)14(21)6-9;17-11-4-1-9(2-5-11)12-8-15(20-16-12)10-3-6-13(18)14(19)7-10;/h5-11H,1-4H3,(H,20,21);2*1-8H,9H2,(H,18,19);1-8,19-20H,(H,17,18);1-7,18-21H,(H,16,17);1-8,17-19H;1H. The summed E-state index contributed by atoms with van der Waals surface area (Å²) in [5.74, 6) is 3.36. The predicted molar refractivity (Wildman–Crippen MR) is 482 cm³/mol. The molecule has 12 aromatic carbocycles. The first-order valence-electron chi connectivity index (χ1n) is 38.5. The first kappa shape index (κ1) is 87.1. The van der Waals surface area contributed by atoms with Gasteiger partial charge in [-0.3, -0.25) is 20.4 Å². The number of benzene rings is 12. The van der Waals surface area contributed by atoms with Crippen molar-refractivity contribution in [3.63, 3.8) is 0 Å². The summed E-state index contributed by atoms with van der Waals surface area (Å²) in [5.41, 5.74) is 20.2. The van der Waals surface area contributed by atoms with E-state index in [2.05, 4.69) is 104 Å². The number of aromatic amines is 5. The second kappa shape index (κ2) is 39.3. The molecule has 0 amide bonds. The first-order valence-corrected chi connectivity index (χ1v) is 39.3. The van der Waals surface area contributed by atoms with Gasteiger partial charge in [-0.05, 0) is 243 Å². The summed E-state index contributed by atoms with van der Waals surface area (Å²) in [6, 6.07) is 78.0. The van der Waals surface area contributed by atoms with Gasteiger partial charge in [0.15, 0.2) is 86.3 Å². The predicted octanol–water partition coefficient (Wildman–Crippen LogP) is 21.8. The minimum Gasteiger partial charge on any atom is -0.508 e. The lowest BCUT2D eigenvalue weighted by Crippen LogP contribution is -1.92. The summed E-state index contributed by atoms with van der Waals surface area (Å²) in [6.45, 7) is 4.75. The number of methoxy groups -OCH3 is 2. The van der Waals surface area contributed by atoms with Gasteiger partial charge in [-0.2, -0.15) is 20.4 Å². The third kappa shape index (κ3) is 21.1. The van der Waals surface area contributed by atoms with Crippen molar-refractivity contribution in [1.82, 2.24) is 55.9 Å². The van der Waals surface area contributed by atoms with Gasteiger partial charge in [-0.25, -0.2) is 13.8 Å². The zero-order chi connectivity index (χ0) is 88.1. The molecule has 27 nitrogen and oxygen atoms in total. The molecule has 18 aromatic rings. The number of imidazole rings is 1. The molecule has 0 unspecified atom stereocenters. The molecule has 0 bridgehead atoms. The van der Waals surface area contributed by atoms with E-state index < -0.39 is 0 Å². The minimum absolute atomic E-state index is 0. The molecule has 14 N–H and O–H groups in total. The fourth-order valence-corrected chi connectivity index (χ4v) is 13.4. The molecule has 0 atom stereocenters. The zero-order valence-corrected chi connectivity index (χ0v) is 70.9. The average Bonchev–Trinajstić information content (AvgIpc) is 1.67. The normalized spacial score (nSPS) is 11.2. The van der Waals surface area contributed by atoms with Crippen LogP contribution >= 0.6 is 32.9 Å². The largest absolute Gasteiger partial charge is 0.508 e. The maximum absolute atomic E-state index is 13.3. The van der Waals surface area contributed by atoms with Gasteiger partial charge in [0, 0.05) is 77.3 Å². The molecule has 2 aliphatic heterocycles. The molecule has 8 heterocycles. The lowest BCUT2D eigenvalue weighted by molar-refractivity contribution is 0.173. The van der Waals surface area contributed by atoms with Crippen LogP contribution in [0, 0.1) is 25.5 Å². The van der Waals surface area contributed by atoms with Crippen molar-refractivity contribution in [3.8, 4) is 222 Å². The van der Waals surface area contributed by atoms with Crippen LogP contribution in [0.3, 0.4) is 0 Å². The highest BCUT2D eigenvalue weighted by Gasteiger charge is 2.20. The van der Waals surface area contributed by atoms with Gasteiger partial charge in [-0.1, -0.05) is 69.6 Å². The Hall–Kier alpha value is -16.3. The van der Waals surface area contributed by atoms with Crippen LogP contribution in [-0.2, 0) is 0 Å². The van der Waals surface area contributed by atoms with Crippen LogP contribution in [0.25, 0.3) is 135 Å². The second-order valence-corrected chi connectivity index (χ2v) is 29.2. The van der Waals surface area contributed by atoms with Crippen molar-refractivity contribution in [2.75, 3.05) is 27.8 Å². The van der Waals surface area contributed by atoms with Gasteiger partial charge in [0.1, 0.15) is 28.9 Å². The third-order valence-corrected chi connectivity index (χ3v) is 20.4.